The first-order valence-electron chi connectivity index (χ1n) is 5.82. The maximum absolute atomic E-state index is 11.7. The zero-order valence-electron chi connectivity index (χ0n) is 10.5. The number of carboxylic acid groups (broad SMARTS) is 1. The van der Waals surface area contributed by atoms with Gasteiger partial charge in [-0.25, -0.2) is 4.79 Å². The minimum Gasteiger partial charge on any atom is -0.478 e. The fraction of sp³-hybridized carbons (Fsp3) is 0.385. The van der Waals surface area contributed by atoms with Crippen LogP contribution in [-0.4, -0.2) is 48.6 Å². The fourth-order valence-corrected chi connectivity index (χ4v) is 2.05. The molecule has 1 aliphatic rings. The smallest absolute Gasteiger partial charge is 0.337 e. The summed E-state index contributed by atoms with van der Waals surface area (Å²) in [5.74, 6) is -0.949. The van der Waals surface area contributed by atoms with Gasteiger partial charge in [-0.15, -0.1) is 0 Å². The van der Waals surface area contributed by atoms with E-state index >= 15 is 0 Å². The molecule has 0 aromatic heterocycles. The largest absolute Gasteiger partial charge is 0.478 e. The summed E-state index contributed by atoms with van der Waals surface area (Å²) in [5.41, 5.74) is 1.86. The summed E-state index contributed by atoms with van der Waals surface area (Å²) in [5, 5.41) is 9.18. The summed E-state index contributed by atoms with van der Waals surface area (Å²) in [6.07, 6.45) is 0. The van der Waals surface area contributed by atoms with Crippen LogP contribution in [0.25, 0.3) is 0 Å². The number of hydrogen-bond donors (Lipinski definition) is 1. The number of hydrogen-bond acceptors (Lipinski definition) is 3. The first-order valence-corrected chi connectivity index (χ1v) is 5.82. The van der Waals surface area contributed by atoms with Crippen LogP contribution in [0.4, 0.5) is 5.69 Å². The van der Waals surface area contributed by atoms with Crippen molar-refractivity contribution in [2.24, 2.45) is 0 Å². The number of aryl methyl sites for hydroxylation is 1. The number of piperazine rings is 1. The third-order valence-electron chi connectivity index (χ3n) is 3.18. The predicted molar refractivity (Wildman–Crippen MR) is 68.0 cm³/mol. The second-order valence-electron chi connectivity index (χ2n) is 4.56. The average Bonchev–Trinajstić information content (AvgIpc) is 2.32. The highest BCUT2D eigenvalue weighted by atomic mass is 16.4. The van der Waals surface area contributed by atoms with E-state index in [0.717, 1.165) is 5.56 Å². The van der Waals surface area contributed by atoms with Crippen LogP contribution >= 0.6 is 0 Å². The molecule has 0 bridgehead atoms. The molecule has 0 saturated carbocycles. The molecule has 2 rings (SSSR count). The van der Waals surface area contributed by atoms with Gasteiger partial charge in [0.15, 0.2) is 0 Å². The first kappa shape index (κ1) is 12.4. The highest BCUT2D eigenvalue weighted by molar-refractivity contribution is 5.96. The van der Waals surface area contributed by atoms with Gasteiger partial charge >= 0.3 is 5.97 Å². The van der Waals surface area contributed by atoms with Gasteiger partial charge in [-0.05, 0) is 24.6 Å². The van der Waals surface area contributed by atoms with Gasteiger partial charge in [-0.1, -0.05) is 6.07 Å². The van der Waals surface area contributed by atoms with E-state index in [-0.39, 0.29) is 18.0 Å². The molecular weight excluding hydrogens is 232 g/mol. The van der Waals surface area contributed by atoms with Crippen molar-refractivity contribution < 1.29 is 14.7 Å². The number of benzene rings is 1. The molecule has 0 aliphatic carbocycles. The summed E-state index contributed by atoms with van der Waals surface area (Å²) in [6, 6.07) is 5.18. The molecule has 5 nitrogen and oxygen atoms in total. The summed E-state index contributed by atoms with van der Waals surface area (Å²) in [7, 11) is 1.76. The summed E-state index contributed by atoms with van der Waals surface area (Å²) in [6.45, 7) is 3.42. The van der Waals surface area contributed by atoms with Crippen molar-refractivity contribution in [2.45, 2.75) is 6.92 Å². The first-order chi connectivity index (χ1) is 8.49. The highest BCUT2D eigenvalue weighted by Gasteiger charge is 2.24. The average molecular weight is 248 g/mol. The molecule has 0 radical (unpaired) electrons. The van der Waals surface area contributed by atoms with Crippen molar-refractivity contribution in [1.29, 1.82) is 0 Å². The third-order valence-corrected chi connectivity index (χ3v) is 3.18. The number of carboxylic acids is 1. The van der Waals surface area contributed by atoms with Crippen LogP contribution in [0.2, 0.25) is 0 Å². The van der Waals surface area contributed by atoms with Gasteiger partial charge in [0.1, 0.15) is 0 Å². The van der Waals surface area contributed by atoms with Gasteiger partial charge in [0.25, 0.3) is 0 Å². The highest BCUT2D eigenvalue weighted by Crippen LogP contribution is 2.23. The van der Waals surface area contributed by atoms with Crippen molar-refractivity contribution in [3.63, 3.8) is 0 Å². The van der Waals surface area contributed by atoms with Crippen LogP contribution in [0.15, 0.2) is 18.2 Å². The van der Waals surface area contributed by atoms with Gasteiger partial charge in [0.05, 0.1) is 17.8 Å². The molecule has 1 fully saturated rings. The topological polar surface area (TPSA) is 60.9 Å². The summed E-state index contributed by atoms with van der Waals surface area (Å²) < 4.78 is 0. The fourth-order valence-electron chi connectivity index (χ4n) is 2.05. The summed E-state index contributed by atoms with van der Waals surface area (Å²) >= 11 is 0. The van der Waals surface area contributed by atoms with Crippen molar-refractivity contribution >= 4 is 17.6 Å². The normalized spacial score (nSPS) is 16.0. The Kier molecular flexibility index (Phi) is 3.23. The Balaban J connectivity index is 2.35. The van der Waals surface area contributed by atoms with Crippen LogP contribution in [-0.2, 0) is 4.79 Å². The molecule has 1 saturated heterocycles. The molecule has 1 heterocycles. The lowest BCUT2D eigenvalue weighted by Crippen LogP contribution is -2.49. The van der Waals surface area contributed by atoms with Crippen LogP contribution in [0, 0.1) is 6.92 Å². The monoisotopic (exact) mass is 248 g/mol. The van der Waals surface area contributed by atoms with Crippen molar-refractivity contribution in [3.05, 3.63) is 29.3 Å². The minimum absolute atomic E-state index is 0.0131. The predicted octanol–water partition coefficient (Wildman–Crippen LogP) is 0.972. The molecule has 1 amide bonds. The minimum atomic E-state index is -0.962. The van der Waals surface area contributed by atoms with Crippen LogP contribution in [0.3, 0.4) is 0 Å². The standard InChI is InChI=1S/C13H16N2O3/c1-9-3-4-10(13(17)18)11(7-9)15-6-5-14(2)12(16)8-15/h3-4,7H,5-6,8H2,1-2H3,(H,17,18). The number of carbonyl (C=O) groups excluding carboxylic acids is 1. The number of carbonyl (C=O) groups is 2. The Hall–Kier alpha value is -2.04. The third kappa shape index (κ3) is 2.30. The maximum atomic E-state index is 11.7. The number of nitrogens with zero attached hydrogens (tertiary/aromatic N) is 2. The van der Waals surface area contributed by atoms with Crippen LogP contribution in [0.5, 0.6) is 0 Å². The van der Waals surface area contributed by atoms with E-state index in [2.05, 4.69) is 0 Å². The van der Waals surface area contributed by atoms with Crippen LogP contribution < -0.4 is 4.90 Å². The van der Waals surface area contributed by atoms with E-state index in [1.54, 1.807) is 24.1 Å². The van der Waals surface area contributed by atoms with Gasteiger partial charge in [-0.3, -0.25) is 4.79 Å². The molecule has 1 aromatic carbocycles. The second-order valence-corrected chi connectivity index (χ2v) is 4.56. The van der Waals surface area contributed by atoms with Gasteiger partial charge < -0.3 is 14.9 Å². The number of anilines is 1. The van der Waals surface area contributed by atoms with Gasteiger partial charge in [-0.2, -0.15) is 0 Å². The molecule has 18 heavy (non-hydrogen) atoms. The zero-order chi connectivity index (χ0) is 13.3. The van der Waals surface area contributed by atoms with E-state index in [4.69, 9.17) is 0 Å². The van der Waals surface area contributed by atoms with E-state index in [1.165, 1.54) is 0 Å². The van der Waals surface area contributed by atoms with Gasteiger partial charge in [0, 0.05) is 20.1 Å². The van der Waals surface area contributed by atoms with Crippen molar-refractivity contribution in [2.75, 3.05) is 31.6 Å². The molecule has 0 unspecified atom stereocenters. The molecule has 96 valence electrons. The molecule has 1 aliphatic heterocycles. The van der Waals surface area contributed by atoms with E-state index in [0.29, 0.717) is 18.8 Å². The SMILES string of the molecule is Cc1ccc(C(=O)O)c(N2CCN(C)C(=O)C2)c1. The molecule has 1 N–H and O–H groups in total. The molecular formula is C13H16N2O3. The lowest BCUT2D eigenvalue weighted by atomic mass is 10.1. The maximum Gasteiger partial charge on any atom is 0.337 e. The quantitative estimate of drug-likeness (QED) is 0.847. The number of likely N-dealkylation sites (N-methyl/N-ethyl adjacent to an activating group) is 1. The van der Waals surface area contributed by atoms with E-state index < -0.39 is 5.97 Å². The Morgan fingerprint density at radius 1 is 1.33 bits per heavy atom. The molecule has 1 aromatic rings. The van der Waals surface area contributed by atoms with E-state index in [9.17, 15) is 14.7 Å². The van der Waals surface area contributed by atoms with Crippen molar-refractivity contribution in [1.82, 2.24) is 4.90 Å². The van der Waals surface area contributed by atoms with Gasteiger partial charge in [0.2, 0.25) is 5.91 Å². The van der Waals surface area contributed by atoms with E-state index in [1.807, 2.05) is 17.9 Å². The number of aromatic carboxylic acids is 1. The summed E-state index contributed by atoms with van der Waals surface area (Å²) in [4.78, 5) is 26.4. The second kappa shape index (κ2) is 4.68. The lowest BCUT2D eigenvalue weighted by molar-refractivity contribution is -0.129. The Labute approximate surface area is 106 Å². The Morgan fingerprint density at radius 2 is 2.06 bits per heavy atom. The van der Waals surface area contributed by atoms with Crippen LogP contribution in [0.1, 0.15) is 15.9 Å². The molecule has 0 spiro atoms. The Bertz CT molecular complexity index is 499. The molecule has 5 heteroatoms. The zero-order valence-corrected chi connectivity index (χ0v) is 10.5. The number of rotatable bonds is 2. The molecule has 0 atom stereocenters. The number of amides is 1. The lowest BCUT2D eigenvalue weighted by Gasteiger charge is -2.34. The van der Waals surface area contributed by atoms with Crippen molar-refractivity contribution in [3.8, 4) is 0 Å². The Morgan fingerprint density at radius 3 is 2.67 bits per heavy atom.